The number of carbonyl (C=O) groups excluding carboxylic acids is 1. The van der Waals surface area contributed by atoms with Gasteiger partial charge in [0.05, 0.1) is 0 Å². The van der Waals surface area contributed by atoms with E-state index in [4.69, 9.17) is 4.74 Å². The van der Waals surface area contributed by atoms with Crippen molar-refractivity contribution in [3.05, 3.63) is 35.9 Å². The summed E-state index contributed by atoms with van der Waals surface area (Å²) >= 11 is 3.61. The van der Waals surface area contributed by atoms with Crippen LogP contribution >= 0.6 is 15.9 Å². The summed E-state index contributed by atoms with van der Waals surface area (Å²) in [6.45, 7) is 1.20. The Morgan fingerprint density at radius 1 is 1.41 bits per heavy atom. The van der Waals surface area contributed by atoms with Crippen molar-refractivity contribution in [2.75, 3.05) is 6.54 Å². The third-order valence-corrected chi connectivity index (χ3v) is 4.99. The topological polar surface area (TPSA) is 29.5 Å². The first-order chi connectivity index (χ1) is 8.25. The number of alkyl halides is 1. The Kier molecular flexibility index (Phi) is 2.82. The summed E-state index contributed by atoms with van der Waals surface area (Å²) in [4.78, 5) is 14.2. The minimum Gasteiger partial charge on any atom is -0.445 e. The maximum absolute atomic E-state index is 11.9. The first-order valence-electron chi connectivity index (χ1n) is 5.87. The van der Waals surface area contributed by atoms with Gasteiger partial charge in [0, 0.05) is 17.4 Å². The number of halogens is 1. The van der Waals surface area contributed by atoms with Crippen molar-refractivity contribution in [2.24, 2.45) is 5.92 Å². The number of hydrogen-bond acceptors (Lipinski definition) is 2. The van der Waals surface area contributed by atoms with Crippen LogP contribution in [0.5, 0.6) is 0 Å². The fraction of sp³-hybridized carbons (Fsp3) is 0.462. The molecular formula is C13H14BrNO2. The zero-order chi connectivity index (χ0) is 11.8. The number of rotatable bonds is 2. The fourth-order valence-electron chi connectivity index (χ4n) is 2.56. The van der Waals surface area contributed by atoms with Crippen LogP contribution in [-0.4, -0.2) is 28.4 Å². The van der Waals surface area contributed by atoms with Crippen molar-refractivity contribution in [3.8, 4) is 0 Å². The molecule has 2 bridgehead atoms. The third kappa shape index (κ3) is 1.95. The standard InChI is InChI=1S/C13H14BrNO2/c14-12-10-6-11(12)15(7-10)13(16)17-8-9-4-2-1-3-5-9/h1-5,10-12H,6-8H2/t10-,11-,12-/m1/s1. The molecule has 0 radical (unpaired) electrons. The van der Waals surface area contributed by atoms with Gasteiger partial charge in [-0.05, 0) is 17.9 Å². The number of carbonyl (C=O) groups is 1. The van der Waals surface area contributed by atoms with Gasteiger partial charge in [-0.3, -0.25) is 0 Å². The van der Waals surface area contributed by atoms with Gasteiger partial charge >= 0.3 is 6.09 Å². The van der Waals surface area contributed by atoms with Crippen LogP contribution in [0.25, 0.3) is 0 Å². The molecule has 4 heteroatoms. The normalized spacial score (nSPS) is 29.9. The molecule has 1 amide bonds. The molecule has 1 aliphatic carbocycles. The molecule has 2 saturated heterocycles. The molecule has 2 aliphatic heterocycles. The second kappa shape index (κ2) is 4.33. The van der Waals surface area contributed by atoms with Gasteiger partial charge < -0.3 is 9.64 Å². The smallest absolute Gasteiger partial charge is 0.410 e. The summed E-state index contributed by atoms with van der Waals surface area (Å²) in [6, 6.07) is 10.1. The van der Waals surface area contributed by atoms with E-state index in [9.17, 15) is 4.79 Å². The SMILES string of the molecule is O=C(OCc1ccccc1)N1C[C@H]2C[C@@H]1[C@@H]2Br. The van der Waals surface area contributed by atoms with Gasteiger partial charge in [0.2, 0.25) is 0 Å². The van der Waals surface area contributed by atoms with E-state index in [0.717, 1.165) is 18.5 Å². The predicted molar refractivity (Wildman–Crippen MR) is 67.9 cm³/mol. The average molecular weight is 296 g/mol. The molecule has 1 aromatic rings. The molecule has 4 rings (SSSR count). The van der Waals surface area contributed by atoms with E-state index < -0.39 is 0 Å². The van der Waals surface area contributed by atoms with Crippen molar-refractivity contribution in [2.45, 2.75) is 23.9 Å². The zero-order valence-electron chi connectivity index (χ0n) is 9.38. The van der Waals surface area contributed by atoms with E-state index in [2.05, 4.69) is 15.9 Å². The summed E-state index contributed by atoms with van der Waals surface area (Å²) in [6.07, 6.45) is 0.944. The fourth-order valence-corrected chi connectivity index (χ4v) is 3.45. The Bertz CT molecular complexity index is 423. The summed E-state index contributed by atoms with van der Waals surface area (Å²) in [7, 11) is 0. The summed E-state index contributed by atoms with van der Waals surface area (Å²) in [5, 5.41) is 0. The van der Waals surface area contributed by atoms with Crippen LogP contribution in [0.2, 0.25) is 0 Å². The Hall–Kier alpha value is -1.03. The van der Waals surface area contributed by atoms with Gasteiger partial charge in [0.15, 0.2) is 0 Å². The van der Waals surface area contributed by atoms with Crippen LogP contribution in [0.15, 0.2) is 30.3 Å². The molecule has 0 spiro atoms. The van der Waals surface area contributed by atoms with Crippen molar-refractivity contribution < 1.29 is 9.53 Å². The number of hydrogen-bond donors (Lipinski definition) is 0. The van der Waals surface area contributed by atoms with E-state index in [0.29, 0.717) is 23.4 Å². The molecule has 90 valence electrons. The number of benzene rings is 1. The van der Waals surface area contributed by atoms with Crippen molar-refractivity contribution in [1.82, 2.24) is 4.90 Å². The zero-order valence-corrected chi connectivity index (χ0v) is 11.0. The Morgan fingerprint density at radius 3 is 2.76 bits per heavy atom. The second-order valence-corrected chi connectivity index (χ2v) is 5.76. The minimum atomic E-state index is -0.177. The van der Waals surface area contributed by atoms with E-state index in [1.807, 2.05) is 35.2 Å². The van der Waals surface area contributed by atoms with Crippen LogP contribution in [-0.2, 0) is 11.3 Å². The highest BCUT2D eigenvalue weighted by atomic mass is 79.9. The van der Waals surface area contributed by atoms with Crippen LogP contribution in [0.4, 0.5) is 4.79 Å². The van der Waals surface area contributed by atoms with Crippen molar-refractivity contribution >= 4 is 22.0 Å². The lowest BCUT2D eigenvalue weighted by molar-refractivity contribution is 0.0959. The molecule has 3 aliphatic rings. The largest absolute Gasteiger partial charge is 0.445 e. The van der Waals surface area contributed by atoms with Gasteiger partial charge in [-0.25, -0.2) is 4.79 Å². The van der Waals surface area contributed by atoms with Gasteiger partial charge in [-0.1, -0.05) is 46.3 Å². The highest BCUT2D eigenvalue weighted by Gasteiger charge is 2.53. The summed E-state index contributed by atoms with van der Waals surface area (Å²) in [5.74, 6) is 0.629. The minimum absolute atomic E-state index is 0.177. The molecule has 1 saturated carbocycles. The van der Waals surface area contributed by atoms with Crippen LogP contribution in [0.3, 0.4) is 0 Å². The molecule has 0 unspecified atom stereocenters. The summed E-state index contributed by atoms with van der Waals surface area (Å²) < 4.78 is 5.32. The molecule has 17 heavy (non-hydrogen) atoms. The van der Waals surface area contributed by atoms with E-state index in [1.54, 1.807) is 0 Å². The molecule has 0 N–H and O–H groups in total. The van der Waals surface area contributed by atoms with Gasteiger partial charge in [0.1, 0.15) is 6.61 Å². The quantitative estimate of drug-likeness (QED) is 0.785. The molecular weight excluding hydrogens is 282 g/mol. The monoisotopic (exact) mass is 295 g/mol. The highest BCUT2D eigenvalue weighted by Crippen LogP contribution is 2.45. The highest BCUT2D eigenvalue weighted by molar-refractivity contribution is 9.09. The lowest BCUT2D eigenvalue weighted by Gasteiger charge is -2.31. The molecule has 2 heterocycles. The first kappa shape index (κ1) is 11.1. The second-order valence-electron chi connectivity index (χ2n) is 4.70. The maximum Gasteiger partial charge on any atom is 0.410 e. The van der Waals surface area contributed by atoms with Gasteiger partial charge in [0.25, 0.3) is 0 Å². The predicted octanol–water partition coefficient (Wildman–Crippen LogP) is 2.79. The van der Waals surface area contributed by atoms with Gasteiger partial charge in [-0.15, -0.1) is 0 Å². The summed E-state index contributed by atoms with van der Waals surface area (Å²) in [5.41, 5.74) is 1.03. The molecule has 3 atom stereocenters. The number of nitrogens with zero attached hydrogens (tertiary/aromatic N) is 1. The number of ether oxygens (including phenoxy) is 1. The van der Waals surface area contributed by atoms with E-state index >= 15 is 0 Å². The molecule has 3 nitrogen and oxygen atoms in total. The maximum atomic E-state index is 11.9. The lowest BCUT2D eigenvalue weighted by Crippen LogP contribution is -2.41. The lowest BCUT2D eigenvalue weighted by atomic mass is 9.86. The van der Waals surface area contributed by atoms with Crippen LogP contribution < -0.4 is 0 Å². The first-order valence-corrected chi connectivity index (χ1v) is 6.78. The number of fused-ring (bicyclic) bond motifs is 1. The van der Waals surface area contributed by atoms with E-state index in [1.165, 1.54) is 0 Å². The molecule has 3 fully saturated rings. The Morgan fingerprint density at radius 2 is 2.18 bits per heavy atom. The third-order valence-electron chi connectivity index (χ3n) is 3.63. The van der Waals surface area contributed by atoms with Crippen LogP contribution in [0, 0.1) is 5.92 Å². The van der Waals surface area contributed by atoms with Crippen molar-refractivity contribution in [3.63, 3.8) is 0 Å². The Balaban J connectivity index is 1.55. The van der Waals surface area contributed by atoms with Gasteiger partial charge in [-0.2, -0.15) is 0 Å². The Labute approximate surface area is 109 Å². The van der Waals surface area contributed by atoms with Crippen LogP contribution in [0.1, 0.15) is 12.0 Å². The number of amides is 1. The average Bonchev–Trinajstić information content (AvgIpc) is 2.95. The van der Waals surface area contributed by atoms with Crippen molar-refractivity contribution in [1.29, 1.82) is 0 Å². The molecule has 0 aromatic heterocycles. The van der Waals surface area contributed by atoms with E-state index in [-0.39, 0.29) is 6.09 Å². The molecule has 1 aromatic carbocycles.